The van der Waals surface area contributed by atoms with E-state index in [1.165, 1.54) is 12.1 Å². The number of esters is 1. The van der Waals surface area contributed by atoms with Crippen LogP contribution in [-0.4, -0.2) is 34.3 Å². The topological polar surface area (TPSA) is 88.5 Å². The molecule has 0 spiro atoms. The number of carbonyl (C=O) groups is 2. The van der Waals surface area contributed by atoms with Crippen LogP contribution in [0.4, 0.5) is 9.18 Å². The van der Waals surface area contributed by atoms with Crippen molar-refractivity contribution < 1.29 is 23.8 Å². The number of cyclic esters (lactones) is 1. The number of allylic oxidation sites excluding steroid dienone is 1. The number of halogens is 1. The highest BCUT2D eigenvalue weighted by Crippen LogP contribution is 2.53. The number of ether oxygens (including phenoxy) is 1. The number of carbonyl (C=O) groups excluding carboxylic acids is 1. The van der Waals surface area contributed by atoms with E-state index in [1.54, 1.807) is 12.3 Å². The summed E-state index contributed by atoms with van der Waals surface area (Å²) in [6, 6.07) is 10.2. The van der Waals surface area contributed by atoms with E-state index in [9.17, 15) is 14.0 Å². The highest BCUT2D eigenvalue weighted by atomic mass is 19.1. The number of aromatic nitrogens is 1. The lowest BCUT2D eigenvalue weighted by molar-refractivity contribution is -0.144. The van der Waals surface area contributed by atoms with Gasteiger partial charge in [0.25, 0.3) is 0 Å². The van der Waals surface area contributed by atoms with Gasteiger partial charge in [-0.15, -0.1) is 0 Å². The second kappa shape index (κ2) is 9.20. The Morgan fingerprint density at radius 1 is 1.21 bits per heavy atom. The predicted octanol–water partition coefficient (Wildman–Crippen LogP) is 5.15. The maximum atomic E-state index is 13.5. The Hall–Kier alpha value is -3.22. The van der Waals surface area contributed by atoms with E-state index in [0.717, 1.165) is 42.5 Å². The molecular weight excluding hydrogens is 435 g/mol. The molecule has 2 heterocycles. The largest absolute Gasteiger partial charge is 0.465 e. The third-order valence-electron chi connectivity index (χ3n) is 7.91. The molecule has 3 fully saturated rings. The number of pyridine rings is 1. The fraction of sp³-hybridized carbons (Fsp3) is 0.444. The molecule has 7 atom stereocenters. The smallest absolute Gasteiger partial charge is 0.404 e. The van der Waals surface area contributed by atoms with Gasteiger partial charge in [-0.1, -0.05) is 24.3 Å². The zero-order chi connectivity index (χ0) is 23.8. The molecular formula is C27H29FN2O4. The summed E-state index contributed by atoms with van der Waals surface area (Å²) in [6.45, 7) is 1.98. The van der Waals surface area contributed by atoms with Gasteiger partial charge in [0.2, 0.25) is 0 Å². The number of amides is 1. The summed E-state index contributed by atoms with van der Waals surface area (Å²) in [7, 11) is 0. The van der Waals surface area contributed by atoms with E-state index in [4.69, 9.17) is 9.84 Å². The quantitative estimate of drug-likeness (QED) is 0.611. The first kappa shape index (κ1) is 22.6. The molecule has 1 amide bonds. The molecule has 3 aliphatic rings. The minimum atomic E-state index is -0.991. The lowest BCUT2D eigenvalue weighted by atomic mass is 9.57. The van der Waals surface area contributed by atoms with Gasteiger partial charge in [0.15, 0.2) is 0 Å². The van der Waals surface area contributed by atoms with Crippen LogP contribution in [0.3, 0.4) is 0 Å². The normalized spacial score (nSPS) is 32.6. The van der Waals surface area contributed by atoms with Crippen molar-refractivity contribution in [3.8, 4) is 11.1 Å². The van der Waals surface area contributed by atoms with E-state index in [-0.39, 0.29) is 47.6 Å². The molecule has 6 nitrogen and oxygen atoms in total. The van der Waals surface area contributed by atoms with Gasteiger partial charge in [0, 0.05) is 23.7 Å². The highest BCUT2D eigenvalue weighted by Gasteiger charge is 2.54. The van der Waals surface area contributed by atoms with Gasteiger partial charge in [-0.3, -0.25) is 9.78 Å². The monoisotopic (exact) mass is 464 g/mol. The van der Waals surface area contributed by atoms with Crippen molar-refractivity contribution in [1.82, 2.24) is 10.3 Å². The summed E-state index contributed by atoms with van der Waals surface area (Å²) < 4.78 is 19.2. The summed E-state index contributed by atoms with van der Waals surface area (Å²) in [5.74, 6) is 0.411. The molecule has 178 valence electrons. The number of hydrogen-bond acceptors (Lipinski definition) is 4. The molecule has 34 heavy (non-hydrogen) atoms. The summed E-state index contributed by atoms with van der Waals surface area (Å²) in [5.41, 5.74) is 2.43. The van der Waals surface area contributed by atoms with E-state index in [2.05, 4.69) is 16.4 Å². The maximum Gasteiger partial charge on any atom is 0.404 e. The minimum absolute atomic E-state index is 0.0631. The molecule has 0 unspecified atom stereocenters. The second-order valence-corrected chi connectivity index (χ2v) is 9.86. The maximum absolute atomic E-state index is 13.5. The molecule has 0 bridgehead atoms. The lowest BCUT2D eigenvalue weighted by Crippen LogP contribution is -2.48. The number of fused-ring (bicyclic) bond motifs is 2. The van der Waals surface area contributed by atoms with Crippen LogP contribution in [-0.2, 0) is 9.53 Å². The van der Waals surface area contributed by atoms with Gasteiger partial charge >= 0.3 is 12.1 Å². The third-order valence-corrected chi connectivity index (χ3v) is 7.91. The Balaban J connectivity index is 1.37. The first-order chi connectivity index (χ1) is 16.4. The van der Waals surface area contributed by atoms with Crippen LogP contribution in [0.2, 0.25) is 0 Å². The fourth-order valence-electron chi connectivity index (χ4n) is 6.47. The number of carboxylic acid groups (broad SMARTS) is 1. The summed E-state index contributed by atoms with van der Waals surface area (Å²) in [6.07, 6.45) is 8.06. The van der Waals surface area contributed by atoms with E-state index < -0.39 is 6.09 Å². The molecule has 2 aromatic rings. The highest BCUT2D eigenvalue weighted by molar-refractivity contribution is 5.75. The molecule has 2 saturated carbocycles. The predicted molar refractivity (Wildman–Crippen MR) is 125 cm³/mol. The van der Waals surface area contributed by atoms with Crippen LogP contribution in [0.25, 0.3) is 17.2 Å². The number of hydrogen-bond donors (Lipinski definition) is 2. The first-order valence-corrected chi connectivity index (χ1v) is 12.0. The van der Waals surface area contributed by atoms with Crippen molar-refractivity contribution in [2.24, 2.45) is 29.6 Å². The summed E-state index contributed by atoms with van der Waals surface area (Å²) in [4.78, 5) is 28.3. The Kier molecular flexibility index (Phi) is 6.11. The zero-order valence-electron chi connectivity index (χ0n) is 19.1. The van der Waals surface area contributed by atoms with Crippen molar-refractivity contribution >= 4 is 18.1 Å². The number of nitrogens with one attached hydrogen (secondary N) is 1. The zero-order valence-corrected chi connectivity index (χ0v) is 19.1. The molecule has 1 saturated heterocycles. The second-order valence-electron chi connectivity index (χ2n) is 9.86. The number of rotatable bonds is 4. The van der Waals surface area contributed by atoms with Gasteiger partial charge in [-0.2, -0.15) is 0 Å². The van der Waals surface area contributed by atoms with Crippen LogP contribution in [0.5, 0.6) is 0 Å². The van der Waals surface area contributed by atoms with Gasteiger partial charge < -0.3 is 15.2 Å². The van der Waals surface area contributed by atoms with Crippen LogP contribution in [0.15, 0.2) is 48.7 Å². The average Bonchev–Trinajstić information content (AvgIpc) is 3.09. The van der Waals surface area contributed by atoms with Crippen molar-refractivity contribution in [2.45, 2.75) is 44.8 Å². The van der Waals surface area contributed by atoms with Crippen LogP contribution < -0.4 is 5.32 Å². The Morgan fingerprint density at radius 3 is 2.79 bits per heavy atom. The molecule has 2 N–H and O–H groups in total. The standard InChI is InChI=1S/C27H29FN2O4/c1-15-25-23(10-7-20-6-5-17(14-29-20)16-3-2-4-19(28)11-16)22-9-8-21(30-27(32)33)12-18(22)13-24(25)26(31)34-15/h2-7,10-11,14-15,18,21-25,30H,8-9,12-13H2,1H3,(H,32,33)/t15-,18+,21-,22-,23+,24-,25+/m1/s1. The molecule has 1 aromatic carbocycles. The Labute approximate surface area is 198 Å². The Bertz CT molecular complexity index is 1100. The Morgan fingerprint density at radius 2 is 2.06 bits per heavy atom. The molecule has 2 aliphatic carbocycles. The van der Waals surface area contributed by atoms with Crippen molar-refractivity contribution in [2.75, 3.05) is 0 Å². The fourth-order valence-corrected chi connectivity index (χ4v) is 6.47. The van der Waals surface area contributed by atoms with E-state index >= 15 is 0 Å². The van der Waals surface area contributed by atoms with Gasteiger partial charge in [0.05, 0.1) is 11.6 Å². The van der Waals surface area contributed by atoms with Crippen LogP contribution in [0.1, 0.15) is 38.3 Å². The molecule has 1 aliphatic heterocycles. The molecule has 7 heteroatoms. The average molecular weight is 465 g/mol. The molecule has 5 rings (SSSR count). The van der Waals surface area contributed by atoms with Crippen LogP contribution >= 0.6 is 0 Å². The first-order valence-electron chi connectivity index (χ1n) is 12.0. The van der Waals surface area contributed by atoms with Crippen molar-refractivity contribution in [3.63, 3.8) is 0 Å². The summed E-state index contributed by atoms with van der Waals surface area (Å²) >= 11 is 0. The van der Waals surface area contributed by atoms with Gasteiger partial charge in [-0.25, -0.2) is 9.18 Å². The molecule has 0 radical (unpaired) electrons. The SMILES string of the molecule is C[C@H]1OC(=O)[C@@H]2C[C@@H]3C[C@H](NC(=O)O)CC[C@H]3[C@H](C=Cc3ccc(-c4cccc(F)c4)cn3)[C@H]12. The number of nitrogens with zero attached hydrogens (tertiary/aromatic N) is 1. The minimum Gasteiger partial charge on any atom is -0.465 e. The van der Waals surface area contributed by atoms with Crippen molar-refractivity contribution in [3.05, 3.63) is 60.2 Å². The van der Waals surface area contributed by atoms with E-state index in [1.807, 2.05) is 31.2 Å². The third kappa shape index (κ3) is 4.43. The number of benzene rings is 1. The van der Waals surface area contributed by atoms with E-state index in [0.29, 0.717) is 5.92 Å². The lowest BCUT2D eigenvalue weighted by Gasteiger charge is -2.47. The van der Waals surface area contributed by atoms with Gasteiger partial charge in [-0.05, 0) is 80.2 Å². The summed E-state index contributed by atoms with van der Waals surface area (Å²) in [5, 5.41) is 11.8. The molecule has 1 aromatic heterocycles. The van der Waals surface area contributed by atoms with Gasteiger partial charge in [0.1, 0.15) is 11.9 Å². The van der Waals surface area contributed by atoms with Crippen molar-refractivity contribution in [1.29, 1.82) is 0 Å². The van der Waals surface area contributed by atoms with Crippen LogP contribution in [0, 0.1) is 35.4 Å².